The first-order valence-corrected chi connectivity index (χ1v) is 15.0. The molecule has 0 aliphatic carbocycles. The Bertz CT molecular complexity index is 2210. The van der Waals surface area contributed by atoms with Gasteiger partial charge in [0.05, 0.1) is 11.0 Å². The highest BCUT2D eigenvalue weighted by atomic mass is 15.0. The second-order valence-corrected chi connectivity index (χ2v) is 11.1. The molecule has 0 amide bonds. The van der Waals surface area contributed by atoms with Crippen molar-refractivity contribution in [1.29, 1.82) is 0 Å². The minimum Gasteiger partial charge on any atom is -0.355 e. The highest BCUT2D eigenvalue weighted by Gasteiger charge is 2.17. The second-order valence-electron chi connectivity index (χ2n) is 11.1. The molecule has 0 radical (unpaired) electrons. The van der Waals surface area contributed by atoms with Gasteiger partial charge in [-0.1, -0.05) is 133 Å². The molecule has 0 fully saturated rings. The summed E-state index contributed by atoms with van der Waals surface area (Å²) in [7, 11) is 0. The number of anilines is 2. The van der Waals surface area contributed by atoms with Crippen molar-refractivity contribution in [2.45, 2.75) is 0 Å². The van der Waals surface area contributed by atoms with E-state index >= 15 is 0 Å². The first-order chi connectivity index (χ1) is 21.8. The fraction of sp³-hybridized carbons (Fsp3) is 0. The summed E-state index contributed by atoms with van der Waals surface area (Å²) in [4.78, 5) is 0. The van der Waals surface area contributed by atoms with Crippen molar-refractivity contribution >= 4 is 33.2 Å². The zero-order valence-electron chi connectivity index (χ0n) is 24.2. The topological polar surface area (TPSA) is 17.0 Å². The number of nitrogens with one attached hydrogen (secondary N) is 1. The van der Waals surface area contributed by atoms with Crippen molar-refractivity contribution in [1.82, 2.24) is 4.57 Å². The summed E-state index contributed by atoms with van der Waals surface area (Å²) < 4.78 is 2.40. The molecule has 0 atom stereocenters. The van der Waals surface area contributed by atoms with Gasteiger partial charge in [0.15, 0.2) is 0 Å². The van der Waals surface area contributed by atoms with Crippen LogP contribution in [0.25, 0.3) is 60.9 Å². The van der Waals surface area contributed by atoms with Gasteiger partial charge in [0.1, 0.15) is 0 Å². The van der Waals surface area contributed by atoms with E-state index < -0.39 is 0 Å². The largest absolute Gasteiger partial charge is 0.355 e. The molecule has 208 valence electrons. The van der Waals surface area contributed by atoms with E-state index in [1.165, 1.54) is 55.2 Å². The third kappa shape index (κ3) is 4.73. The zero-order chi connectivity index (χ0) is 29.3. The number of para-hydroxylation sites is 1. The minimum atomic E-state index is 1.05. The van der Waals surface area contributed by atoms with E-state index in [0.717, 1.165) is 17.1 Å². The third-order valence-corrected chi connectivity index (χ3v) is 8.38. The number of aromatic nitrogens is 1. The molecule has 2 heteroatoms. The van der Waals surface area contributed by atoms with Crippen molar-refractivity contribution in [3.63, 3.8) is 0 Å². The summed E-state index contributed by atoms with van der Waals surface area (Å²) in [5, 5.41) is 6.26. The highest BCUT2D eigenvalue weighted by Crippen LogP contribution is 2.40. The molecule has 0 saturated carbocycles. The Morgan fingerprint density at radius 2 is 0.932 bits per heavy atom. The predicted molar refractivity (Wildman–Crippen MR) is 187 cm³/mol. The van der Waals surface area contributed by atoms with E-state index in [1.54, 1.807) is 0 Å². The SMILES string of the molecule is c1ccc(-c2ccc(Nc3cc4c(cc3-c3ccccc3)c3ccccc3n4-c3cccc(-c4ccccc4)c3)cc2)cc1. The van der Waals surface area contributed by atoms with E-state index in [0.29, 0.717) is 0 Å². The molecule has 7 aromatic carbocycles. The summed E-state index contributed by atoms with van der Waals surface area (Å²) in [6.45, 7) is 0. The summed E-state index contributed by atoms with van der Waals surface area (Å²) in [6, 6.07) is 62.7. The fourth-order valence-electron chi connectivity index (χ4n) is 6.24. The van der Waals surface area contributed by atoms with Gasteiger partial charge in [0, 0.05) is 33.4 Å². The number of hydrogen-bond acceptors (Lipinski definition) is 1. The van der Waals surface area contributed by atoms with Crippen LogP contribution in [0.15, 0.2) is 176 Å². The predicted octanol–water partition coefficient (Wildman–Crippen LogP) is 11.5. The zero-order valence-corrected chi connectivity index (χ0v) is 24.2. The third-order valence-electron chi connectivity index (χ3n) is 8.38. The minimum absolute atomic E-state index is 1.05. The first-order valence-electron chi connectivity index (χ1n) is 15.0. The van der Waals surface area contributed by atoms with Crippen LogP contribution in [0, 0.1) is 0 Å². The molecule has 0 bridgehead atoms. The van der Waals surface area contributed by atoms with E-state index in [1.807, 2.05) is 0 Å². The Labute approximate surface area is 257 Å². The maximum absolute atomic E-state index is 3.79. The molecule has 2 nitrogen and oxygen atoms in total. The molecule has 8 rings (SSSR count). The van der Waals surface area contributed by atoms with Gasteiger partial charge in [-0.3, -0.25) is 0 Å². The summed E-state index contributed by atoms with van der Waals surface area (Å²) in [5.41, 5.74) is 12.8. The lowest BCUT2D eigenvalue weighted by atomic mass is 10.00. The van der Waals surface area contributed by atoms with Crippen LogP contribution in [0.1, 0.15) is 0 Å². The molecule has 44 heavy (non-hydrogen) atoms. The van der Waals surface area contributed by atoms with Crippen molar-refractivity contribution in [2.24, 2.45) is 0 Å². The maximum atomic E-state index is 3.79. The number of hydrogen-bond donors (Lipinski definition) is 1. The van der Waals surface area contributed by atoms with Gasteiger partial charge in [-0.05, 0) is 70.3 Å². The van der Waals surface area contributed by atoms with E-state index in [9.17, 15) is 0 Å². The van der Waals surface area contributed by atoms with Gasteiger partial charge in [0.25, 0.3) is 0 Å². The molecule has 0 saturated heterocycles. The Kier molecular flexibility index (Phi) is 6.51. The summed E-state index contributed by atoms with van der Waals surface area (Å²) in [5.74, 6) is 0. The molecule has 0 unspecified atom stereocenters. The molecular weight excluding hydrogens is 532 g/mol. The Morgan fingerprint density at radius 3 is 1.64 bits per heavy atom. The average Bonchev–Trinajstić information content (AvgIpc) is 3.42. The van der Waals surface area contributed by atoms with Gasteiger partial charge in [-0.2, -0.15) is 0 Å². The fourth-order valence-corrected chi connectivity index (χ4v) is 6.24. The van der Waals surface area contributed by atoms with Gasteiger partial charge in [-0.15, -0.1) is 0 Å². The quantitative estimate of drug-likeness (QED) is 0.213. The Hall–Kier alpha value is -5.86. The summed E-state index contributed by atoms with van der Waals surface area (Å²) >= 11 is 0. The molecule has 1 aromatic heterocycles. The lowest BCUT2D eigenvalue weighted by Gasteiger charge is -2.16. The number of rotatable bonds is 6. The monoisotopic (exact) mass is 562 g/mol. The van der Waals surface area contributed by atoms with E-state index in [2.05, 4.69) is 186 Å². The van der Waals surface area contributed by atoms with Crippen molar-refractivity contribution in [3.8, 4) is 39.1 Å². The van der Waals surface area contributed by atoms with Gasteiger partial charge in [-0.25, -0.2) is 0 Å². The lowest BCUT2D eigenvalue weighted by Crippen LogP contribution is -1.97. The van der Waals surface area contributed by atoms with Crippen molar-refractivity contribution in [3.05, 3.63) is 176 Å². The van der Waals surface area contributed by atoms with Crippen LogP contribution in [-0.4, -0.2) is 4.57 Å². The van der Waals surface area contributed by atoms with Crippen LogP contribution in [0.3, 0.4) is 0 Å². The van der Waals surface area contributed by atoms with Crippen LogP contribution < -0.4 is 5.32 Å². The smallest absolute Gasteiger partial charge is 0.0562 e. The standard InChI is InChI=1S/C42H30N2/c1-4-13-30(14-5-1)32-23-25-35(26-24-32)43-40-29-42-39(28-38(40)33-17-8-3-9-18-33)37-21-10-11-22-41(37)44(42)36-20-12-19-34(27-36)31-15-6-2-7-16-31/h1-29,43H. The van der Waals surface area contributed by atoms with Crippen LogP contribution in [0.4, 0.5) is 11.4 Å². The van der Waals surface area contributed by atoms with Gasteiger partial charge < -0.3 is 9.88 Å². The Balaban J connectivity index is 1.31. The Morgan fingerprint density at radius 1 is 0.364 bits per heavy atom. The van der Waals surface area contributed by atoms with Gasteiger partial charge in [0.2, 0.25) is 0 Å². The van der Waals surface area contributed by atoms with Crippen molar-refractivity contribution < 1.29 is 0 Å². The molecule has 0 aliphatic rings. The second kappa shape index (κ2) is 11.1. The lowest BCUT2D eigenvalue weighted by molar-refractivity contribution is 1.18. The number of benzene rings is 7. The molecule has 1 heterocycles. The van der Waals surface area contributed by atoms with Crippen LogP contribution in [0.2, 0.25) is 0 Å². The van der Waals surface area contributed by atoms with E-state index in [4.69, 9.17) is 0 Å². The molecule has 1 N–H and O–H groups in total. The summed E-state index contributed by atoms with van der Waals surface area (Å²) in [6.07, 6.45) is 0. The maximum Gasteiger partial charge on any atom is 0.0562 e. The average molecular weight is 563 g/mol. The molecule has 0 spiro atoms. The van der Waals surface area contributed by atoms with Gasteiger partial charge >= 0.3 is 0 Å². The molecular formula is C42H30N2. The van der Waals surface area contributed by atoms with Crippen LogP contribution in [0.5, 0.6) is 0 Å². The normalized spacial score (nSPS) is 11.2. The number of nitrogens with zero attached hydrogens (tertiary/aromatic N) is 1. The van der Waals surface area contributed by atoms with Crippen LogP contribution in [-0.2, 0) is 0 Å². The van der Waals surface area contributed by atoms with Crippen LogP contribution >= 0.6 is 0 Å². The van der Waals surface area contributed by atoms with Crippen molar-refractivity contribution in [2.75, 3.05) is 5.32 Å². The molecule has 0 aliphatic heterocycles. The highest BCUT2D eigenvalue weighted by molar-refractivity contribution is 6.12. The molecule has 8 aromatic rings. The number of fused-ring (bicyclic) bond motifs is 3. The first kappa shape index (κ1) is 25.8. The van der Waals surface area contributed by atoms with E-state index in [-0.39, 0.29) is 0 Å².